The minimum absolute atomic E-state index is 0.0684. The molecular weight excluding hydrogens is 444 g/mol. The van der Waals surface area contributed by atoms with E-state index in [-0.39, 0.29) is 30.6 Å². The molecule has 0 fully saturated rings. The molecule has 0 saturated heterocycles. The first kappa shape index (κ1) is 25.5. The molecule has 172 valence electrons. The zero-order chi connectivity index (χ0) is 24.4. The van der Waals surface area contributed by atoms with Crippen LogP contribution in [0.3, 0.4) is 0 Å². The molecule has 0 bridgehead atoms. The first-order valence-corrected chi connectivity index (χ1v) is 10.7. The third-order valence-electron chi connectivity index (χ3n) is 4.08. The quantitative estimate of drug-likeness (QED) is 0.107. The number of carbonyl (C=O) groups excluding carboxylic acids is 4. The van der Waals surface area contributed by atoms with E-state index in [1.165, 1.54) is 25.6 Å². The van der Waals surface area contributed by atoms with Crippen LogP contribution < -0.4 is 5.32 Å². The van der Waals surface area contributed by atoms with Crippen molar-refractivity contribution in [1.82, 2.24) is 5.32 Å². The van der Waals surface area contributed by atoms with Crippen molar-refractivity contribution in [2.24, 2.45) is 5.16 Å². The van der Waals surface area contributed by atoms with Crippen molar-refractivity contribution in [3.63, 3.8) is 0 Å². The zero-order valence-corrected chi connectivity index (χ0v) is 19.4. The highest BCUT2D eigenvalue weighted by atomic mass is 32.2. The van der Waals surface area contributed by atoms with Gasteiger partial charge >= 0.3 is 11.9 Å². The van der Waals surface area contributed by atoms with E-state index in [2.05, 4.69) is 21.9 Å². The predicted octanol–water partition coefficient (Wildman–Crippen LogP) is 3.81. The van der Waals surface area contributed by atoms with Crippen LogP contribution >= 0.6 is 11.8 Å². The molecule has 2 rings (SSSR count). The molecule has 2 aromatic carbocycles. The maximum Gasteiger partial charge on any atom is 0.333 e. The number of oxime groups is 1. The first-order chi connectivity index (χ1) is 15.7. The van der Waals surface area contributed by atoms with Crippen LogP contribution in [0, 0.1) is 0 Å². The fraction of sp³-hybridized carbons (Fsp3) is 0.208. The second-order valence-corrected chi connectivity index (χ2v) is 8.06. The lowest BCUT2D eigenvalue weighted by Crippen LogP contribution is -2.28. The van der Waals surface area contributed by atoms with Crippen molar-refractivity contribution in [3.05, 3.63) is 71.8 Å². The molecule has 0 aromatic heterocycles. The van der Waals surface area contributed by atoms with E-state index >= 15 is 0 Å². The lowest BCUT2D eigenvalue weighted by molar-refractivity contribution is -0.141. The lowest BCUT2D eigenvalue weighted by atomic mass is 10.1. The van der Waals surface area contributed by atoms with Crippen molar-refractivity contribution in [1.29, 1.82) is 0 Å². The van der Waals surface area contributed by atoms with E-state index in [0.29, 0.717) is 16.7 Å². The zero-order valence-electron chi connectivity index (χ0n) is 18.5. The van der Waals surface area contributed by atoms with Crippen LogP contribution in [0.25, 0.3) is 0 Å². The molecule has 33 heavy (non-hydrogen) atoms. The summed E-state index contributed by atoms with van der Waals surface area (Å²) in [6, 6.07) is 14.0. The fourth-order valence-electron chi connectivity index (χ4n) is 2.40. The Morgan fingerprint density at radius 3 is 1.97 bits per heavy atom. The highest BCUT2D eigenvalue weighted by Crippen LogP contribution is 2.28. The third-order valence-corrected chi connectivity index (χ3v) is 5.09. The molecule has 0 aliphatic carbocycles. The van der Waals surface area contributed by atoms with Crippen LogP contribution in [0.2, 0.25) is 0 Å². The number of Topliss-reactive ketones (excluding diaryl/α,β-unsaturated/α-hetero) is 1. The largest absolute Gasteiger partial charge is 0.460 e. The molecule has 0 aliphatic heterocycles. The van der Waals surface area contributed by atoms with E-state index in [1.54, 1.807) is 43.3 Å². The van der Waals surface area contributed by atoms with Gasteiger partial charge in [0.25, 0.3) is 5.91 Å². The molecule has 0 unspecified atom stereocenters. The Morgan fingerprint density at radius 2 is 1.45 bits per heavy atom. The topological polar surface area (TPSA) is 111 Å². The fourth-order valence-corrected chi connectivity index (χ4v) is 3.22. The highest BCUT2D eigenvalue weighted by Gasteiger charge is 2.11. The summed E-state index contributed by atoms with van der Waals surface area (Å²) in [5.74, 6) is -1.70. The average Bonchev–Trinajstić information content (AvgIpc) is 2.80. The van der Waals surface area contributed by atoms with Crippen molar-refractivity contribution in [3.8, 4) is 0 Å². The van der Waals surface area contributed by atoms with E-state index in [4.69, 9.17) is 4.74 Å². The van der Waals surface area contributed by atoms with E-state index in [9.17, 15) is 19.2 Å². The summed E-state index contributed by atoms with van der Waals surface area (Å²) < 4.78 is 4.93. The summed E-state index contributed by atoms with van der Waals surface area (Å²) >= 11 is 1.47. The van der Waals surface area contributed by atoms with Gasteiger partial charge in [-0.3, -0.25) is 9.59 Å². The van der Waals surface area contributed by atoms with Crippen LogP contribution in [-0.4, -0.2) is 42.5 Å². The van der Waals surface area contributed by atoms with Gasteiger partial charge in [0, 0.05) is 33.4 Å². The van der Waals surface area contributed by atoms with Gasteiger partial charge in [-0.25, -0.2) is 9.59 Å². The Hall–Kier alpha value is -3.72. The molecule has 0 radical (unpaired) electrons. The minimum Gasteiger partial charge on any atom is -0.460 e. The highest BCUT2D eigenvalue weighted by molar-refractivity contribution is 7.99. The summed E-state index contributed by atoms with van der Waals surface area (Å²) in [6.45, 7) is 7.99. The van der Waals surface area contributed by atoms with Gasteiger partial charge in [-0.2, -0.15) is 0 Å². The Labute approximate surface area is 196 Å². The summed E-state index contributed by atoms with van der Waals surface area (Å²) in [5.41, 5.74) is 1.29. The number of nitrogens with one attached hydrogen (secondary N) is 1. The number of esters is 1. The van der Waals surface area contributed by atoms with Crippen molar-refractivity contribution < 1.29 is 28.8 Å². The maximum absolute atomic E-state index is 12.3. The number of benzene rings is 2. The van der Waals surface area contributed by atoms with Crippen molar-refractivity contribution >= 4 is 41.1 Å². The Kier molecular flexibility index (Phi) is 9.56. The molecule has 0 heterocycles. The van der Waals surface area contributed by atoms with Gasteiger partial charge in [0.1, 0.15) is 12.3 Å². The Bertz CT molecular complexity index is 1080. The monoisotopic (exact) mass is 468 g/mol. The van der Waals surface area contributed by atoms with Gasteiger partial charge in [-0.1, -0.05) is 23.5 Å². The summed E-state index contributed by atoms with van der Waals surface area (Å²) in [6.07, 6.45) is 0. The van der Waals surface area contributed by atoms with Gasteiger partial charge in [-0.05, 0) is 62.4 Å². The molecular formula is C24H24N2O6S. The van der Waals surface area contributed by atoms with Crippen LogP contribution in [0.1, 0.15) is 41.5 Å². The molecule has 0 aliphatic rings. The summed E-state index contributed by atoms with van der Waals surface area (Å²) in [5, 5.41) is 6.19. The SMILES string of the molecule is C=C(C)C(=O)OCCNC(=O)c1ccc(Sc2ccc(C(=O)/C(C)=N/OC(C)=O)cc2)cc1. The number of rotatable bonds is 10. The van der Waals surface area contributed by atoms with Gasteiger partial charge in [0.05, 0.1) is 6.54 Å². The minimum atomic E-state index is -0.596. The van der Waals surface area contributed by atoms with Crippen LogP contribution in [-0.2, 0) is 19.2 Å². The molecule has 1 N–H and O–H groups in total. The second-order valence-electron chi connectivity index (χ2n) is 6.91. The number of carbonyl (C=O) groups is 4. The summed E-state index contributed by atoms with van der Waals surface area (Å²) in [4.78, 5) is 52.9. The molecule has 2 aromatic rings. The normalized spacial score (nSPS) is 10.8. The van der Waals surface area contributed by atoms with E-state index in [0.717, 1.165) is 9.79 Å². The molecule has 0 atom stereocenters. The third kappa shape index (κ3) is 8.38. The second kappa shape index (κ2) is 12.4. The van der Waals surface area contributed by atoms with Gasteiger partial charge in [0.15, 0.2) is 0 Å². The number of ether oxygens (including phenoxy) is 1. The van der Waals surface area contributed by atoms with Gasteiger partial charge in [-0.15, -0.1) is 0 Å². The Balaban J connectivity index is 1.89. The smallest absolute Gasteiger partial charge is 0.333 e. The predicted molar refractivity (Wildman–Crippen MR) is 124 cm³/mol. The summed E-state index contributed by atoms with van der Waals surface area (Å²) in [7, 11) is 0. The number of nitrogens with zero attached hydrogens (tertiary/aromatic N) is 1. The van der Waals surface area contributed by atoms with Gasteiger partial charge < -0.3 is 14.9 Å². The molecule has 8 nitrogen and oxygen atoms in total. The molecule has 0 saturated carbocycles. The van der Waals surface area contributed by atoms with Crippen molar-refractivity contribution in [2.75, 3.05) is 13.2 Å². The van der Waals surface area contributed by atoms with E-state index < -0.39 is 11.9 Å². The van der Waals surface area contributed by atoms with Gasteiger partial charge in [0.2, 0.25) is 5.78 Å². The lowest BCUT2D eigenvalue weighted by Gasteiger charge is -2.08. The van der Waals surface area contributed by atoms with Crippen LogP contribution in [0.5, 0.6) is 0 Å². The van der Waals surface area contributed by atoms with Crippen molar-refractivity contribution in [2.45, 2.75) is 30.6 Å². The van der Waals surface area contributed by atoms with E-state index in [1.807, 2.05) is 12.1 Å². The number of hydrogen-bond acceptors (Lipinski definition) is 8. The number of amides is 1. The molecule has 0 spiro atoms. The first-order valence-electron chi connectivity index (χ1n) is 9.93. The number of hydrogen-bond donors (Lipinski definition) is 1. The average molecular weight is 469 g/mol. The van der Waals surface area contributed by atoms with Crippen LogP contribution in [0.15, 0.2) is 75.6 Å². The standard InChI is InChI=1S/C24H24N2O6S/c1-15(2)24(30)31-14-13-25-23(29)19-7-11-21(12-8-19)33-20-9-5-18(6-10-20)22(28)16(3)26-32-17(4)27/h5-12H,1,13-14H2,2-4H3,(H,25,29)/b26-16+. The molecule has 9 heteroatoms. The number of ketones is 1. The Morgan fingerprint density at radius 1 is 0.909 bits per heavy atom. The maximum atomic E-state index is 12.3. The van der Waals surface area contributed by atoms with Crippen LogP contribution in [0.4, 0.5) is 0 Å². The molecule has 1 amide bonds.